The van der Waals surface area contributed by atoms with Crippen molar-refractivity contribution >= 4 is 15.7 Å². The van der Waals surface area contributed by atoms with Crippen LogP contribution in [0.1, 0.15) is 37.0 Å². The van der Waals surface area contributed by atoms with Gasteiger partial charge in [0.05, 0.1) is 22.8 Å². The van der Waals surface area contributed by atoms with E-state index in [1.165, 1.54) is 12.5 Å². The van der Waals surface area contributed by atoms with E-state index < -0.39 is 9.84 Å². The summed E-state index contributed by atoms with van der Waals surface area (Å²) < 4.78 is 29.3. The highest BCUT2D eigenvalue weighted by Gasteiger charge is 2.32. The number of rotatable bonds is 4. The summed E-state index contributed by atoms with van der Waals surface area (Å²) in [5.74, 6) is 0.289. The smallest absolute Gasteiger partial charge is 0.257 e. The topological polar surface area (TPSA) is 67.6 Å². The maximum atomic E-state index is 12.2. The summed E-state index contributed by atoms with van der Waals surface area (Å²) in [6.07, 6.45) is 3.94. The van der Waals surface area contributed by atoms with Crippen LogP contribution < -0.4 is 0 Å². The van der Waals surface area contributed by atoms with E-state index in [0.717, 1.165) is 0 Å². The monoisotopic (exact) mass is 299 g/mol. The standard InChI is InChI=1S/C14H21NO4S/c1-11(2)10-20(17,18)13-3-6-15(7-4-13)14(16)12-5-8-19-9-12/h5,8-9,11,13H,3-4,6-7,10H2,1-2H3. The summed E-state index contributed by atoms with van der Waals surface area (Å²) in [4.78, 5) is 13.8. The highest BCUT2D eigenvalue weighted by molar-refractivity contribution is 7.92. The SMILES string of the molecule is CC(C)CS(=O)(=O)C1CCN(C(=O)c2ccoc2)CC1. The van der Waals surface area contributed by atoms with E-state index in [9.17, 15) is 13.2 Å². The van der Waals surface area contributed by atoms with Crippen molar-refractivity contribution in [2.24, 2.45) is 5.92 Å². The number of furan rings is 1. The van der Waals surface area contributed by atoms with Gasteiger partial charge in [-0.25, -0.2) is 8.42 Å². The van der Waals surface area contributed by atoms with E-state index in [4.69, 9.17) is 4.42 Å². The van der Waals surface area contributed by atoms with Crippen molar-refractivity contribution in [2.45, 2.75) is 31.9 Å². The Bertz CT molecular complexity index is 540. The van der Waals surface area contributed by atoms with Crippen molar-refractivity contribution in [2.75, 3.05) is 18.8 Å². The molecule has 0 N–H and O–H groups in total. The number of amides is 1. The molecule has 0 saturated carbocycles. The van der Waals surface area contributed by atoms with E-state index in [1.54, 1.807) is 11.0 Å². The van der Waals surface area contributed by atoms with Gasteiger partial charge in [0.1, 0.15) is 6.26 Å². The Morgan fingerprint density at radius 1 is 1.40 bits per heavy atom. The molecule has 0 aromatic carbocycles. The van der Waals surface area contributed by atoms with E-state index in [0.29, 0.717) is 31.5 Å². The third-order valence-corrected chi connectivity index (χ3v) is 6.19. The largest absolute Gasteiger partial charge is 0.472 e. The normalized spacial score (nSPS) is 17.6. The zero-order valence-electron chi connectivity index (χ0n) is 11.9. The number of carbonyl (C=O) groups excluding carboxylic acids is 1. The molecule has 2 heterocycles. The molecule has 1 aromatic rings. The molecule has 112 valence electrons. The summed E-state index contributed by atoms with van der Waals surface area (Å²) in [6.45, 7) is 4.81. The van der Waals surface area contributed by atoms with Crippen molar-refractivity contribution in [1.82, 2.24) is 4.90 Å². The van der Waals surface area contributed by atoms with Gasteiger partial charge in [-0.2, -0.15) is 0 Å². The van der Waals surface area contributed by atoms with Crippen molar-refractivity contribution in [3.63, 3.8) is 0 Å². The molecule has 2 rings (SSSR count). The van der Waals surface area contributed by atoms with Crippen LogP contribution in [0.3, 0.4) is 0 Å². The molecule has 1 amide bonds. The summed E-state index contributed by atoms with van der Waals surface area (Å²) >= 11 is 0. The van der Waals surface area contributed by atoms with E-state index in [-0.39, 0.29) is 22.8 Å². The molecule has 1 aliphatic rings. The van der Waals surface area contributed by atoms with Gasteiger partial charge in [0.25, 0.3) is 5.91 Å². The zero-order valence-corrected chi connectivity index (χ0v) is 12.7. The second-order valence-corrected chi connectivity index (χ2v) is 8.05. The second-order valence-electron chi connectivity index (χ2n) is 5.73. The summed E-state index contributed by atoms with van der Waals surface area (Å²) in [5.41, 5.74) is 0.522. The number of likely N-dealkylation sites (tertiary alicyclic amines) is 1. The molecule has 0 radical (unpaired) electrons. The lowest BCUT2D eigenvalue weighted by molar-refractivity contribution is 0.0725. The van der Waals surface area contributed by atoms with Gasteiger partial charge < -0.3 is 9.32 Å². The van der Waals surface area contributed by atoms with E-state index in [1.807, 2.05) is 13.8 Å². The highest BCUT2D eigenvalue weighted by Crippen LogP contribution is 2.21. The Balaban J connectivity index is 1.94. The lowest BCUT2D eigenvalue weighted by Crippen LogP contribution is -2.43. The number of hydrogen-bond acceptors (Lipinski definition) is 4. The minimum atomic E-state index is -3.04. The minimum absolute atomic E-state index is 0.0848. The number of hydrogen-bond donors (Lipinski definition) is 0. The third-order valence-electron chi connectivity index (χ3n) is 3.57. The van der Waals surface area contributed by atoms with Crippen molar-refractivity contribution in [3.8, 4) is 0 Å². The number of nitrogens with zero attached hydrogens (tertiary/aromatic N) is 1. The maximum absolute atomic E-state index is 12.2. The summed E-state index contributed by atoms with van der Waals surface area (Å²) in [5, 5.41) is -0.307. The Hall–Kier alpha value is -1.30. The van der Waals surface area contributed by atoms with Gasteiger partial charge in [0.15, 0.2) is 9.84 Å². The Labute approximate surface area is 119 Å². The van der Waals surface area contributed by atoms with Crippen LogP contribution in [-0.2, 0) is 9.84 Å². The molecule has 0 aliphatic carbocycles. The van der Waals surface area contributed by atoms with Crippen LogP contribution in [0, 0.1) is 5.92 Å². The summed E-state index contributed by atoms with van der Waals surface area (Å²) in [6, 6.07) is 1.63. The summed E-state index contributed by atoms with van der Waals surface area (Å²) in [7, 11) is -3.04. The first-order chi connectivity index (χ1) is 9.40. The van der Waals surface area contributed by atoms with Crippen LogP contribution in [-0.4, -0.2) is 43.3 Å². The van der Waals surface area contributed by atoms with Crippen LogP contribution in [0.2, 0.25) is 0 Å². The fourth-order valence-corrected chi connectivity index (χ4v) is 4.72. The van der Waals surface area contributed by atoms with Gasteiger partial charge in [-0.15, -0.1) is 0 Å². The fourth-order valence-electron chi connectivity index (χ4n) is 2.59. The lowest BCUT2D eigenvalue weighted by atomic mass is 10.1. The van der Waals surface area contributed by atoms with Crippen molar-refractivity contribution in [1.29, 1.82) is 0 Å². The predicted molar refractivity (Wildman–Crippen MR) is 76.3 cm³/mol. The van der Waals surface area contributed by atoms with Crippen molar-refractivity contribution in [3.05, 3.63) is 24.2 Å². The first kappa shape index (κ1) is 15.1. The Kier molecular flexibility index (Phi) is 4.52. The molecular weight excluding hydrogens is 278 g/mol. The lowest BCUT2D eigenvalue weighted by Gasteiger charge is -2.31. The fraction of sp³-hybridized carbons (Fsp3) is 0.643. The molecule has 6 heteroatoms. The minimum Gasteiger partial charge on any atom is -0.472 e. The van der Waals surface area contributed by atoms with Gasteiger partial charge in [-0.3, -0.25) is 4.79 Å². The quantitative estimate of drug-likeness (QED) is 0.852. The van der Waals surface area contributed by atoms with Crippen LogP contribution in [0.25, 0.3) is 0 Å². The average Bonchev–Trinajstić information content (AvgIpc) is 2.90. The number of piperidine rings is 1. The van der Waals surface area contributed by atoms with Gasteiger partial charge >= 0.3 is 0 Å². The average molecular weight is 299 g/mol. The molecular formula is C14H21NO4S. The molecule has 20 heavy (non-hydrogen) atoms. The van der Waals surface area contributed by atoms with Gasteiger partial charge in [0.2, 0.25) is 0 Å². The molecule has 0 unspecified atom stereocenters. The van der Waals surface area contributed by atoms with Crippen molar-refractivity contribution < 1.29 is 17.6 Å². The van der Waals surface area contributed by atoms with E-state index >= 15 is 0 Å². The van der Waals surface area contributed by atoms with Crippen LogP contribution in [0.15, 0.2) is 23.0 Å². The van der Waals surface area contributed by atoms with Gasteiger partial charge in [-0.1, -0.05) is 13.8 Å². The highest BCUT2D eigenvalue weighted by atomic mass is 32.2. The molecule has 1 fully saturated rings. The van der Waals surface area contributed by atoms with Crippen LogP contribution >= 0.6 is 0 Å². The Morgan fingerprint density at radius 3 is 2.55 bits per heavy atom. The molecule has 1 aromatic heterocycles. The molecule has 0 atom stereocenters. The maximum Gasteiger partial charge on any atom is 0.257 e. The molecule has 0 bridgehead atoms. The second kappa shape index (κ2) is 5.99. The molecule has 1 saturated heterocycles. The first-order valence-corrected chi connectivity index (χ1v) is 8.64. The molecule has 5 nitrogen and oxygen atoms in total. The Morgan fingerprint density at radius 2 is 2.05 bits per heavy atom. The number of carbonyl (C=O) groups is 1. The predicted octanol–water partition coefficient (Wildman–Crippen LogP) is 1.96. The number of sulfone groups is 1. The zero-order chi connectivity index (χ0) is 14.8. The van der Waals surface area contributed by atoms with E-state index in [2.05, 4.69) is 0 Å². The van der Waals surface area contributed by atoms with Crippen LogP contribution in [0.5, 0.6) is 0 Å². The first-order valence-electron chi connectivity index (χ1n) is 6.93. The third kappa shape index (κ3) is 3.42. The van der Waals surface area contributed by atoms with Gasteiger partial charge in [0, 0.05) is 13.1 Å². The van der Waals surface area contributed by atoms with Gasteiger partial charge in [-0.05, 0) is 24.8 Å². The molecule has 0 spiro atoms. The molecule has 1 aliphatic heterocycles. The van der Waals surface area contributed by atoms with Crippen LogP contribution in [0.4, 0.5) is 0 Å².